The van der Waals surface area contributed by atoms with Gasteiger partial charge in [-0.05, 0) is 32.9 Å². The molecule has 1 heterocycles. The van der Waals surface area contributed by atoms with Crippen molar-refractivity contribution in [3.63, 3.8) is 0 Å². The lowest BCUT2D eigenvalue weighted by atomic mass is 10.1. The van der Waals surface area contributed by atoms with E-state index in [1.165, 1.54) is 6.33 Å². The molecular weight excluding hydrogens is 252 g/mol. The highest BCUT2D eigenvalue weighted by Gasteiger charge is 2.10. The number of hydrogen-bond acceptors (Lipinski definition) is 5. The third-order valence-electron chi connectivity index (χ3n) is 2.51. The van der Waals surface area contributed by atoms with Crippen molar-refractivity contribution in [1.29, 1.82) is 0 Å². The molecule has 0 fully saturated rings. The van der Waals surface area contributed by atoms with E-state index in [9.17, 15) is 0 Å². The van der Waals surface area contributed by atoms with Gasteiger partial charge in [-0.3, -0.25) is 0 Å². The van der Waals surface area contributed by atoms with E-state index in [1.54, 1.807) is 7.11 Å². The van der Waals surface area contributed by atoms with Crippen molar-refractivity contribution in [2.45, 2.75) is 26.3 Å². The average Bonchev–Trinajstić information content (AvgIpc) is 2.37. The minimum absolute atomic E-state index is 0.0401. The van der Waals surface area contributed by atoms with Crippen molar-refractivity contribution in [2.75, 3.05) is 17.7 Å². The first-order valence-corrected chi connectivity index (χ1v) is 6.47. The van der Waals surface area contributed by atoms with Crippen LogP contribution in [0.5, 0.6) is 5.75 Å². The lowest BCUT2D eigenvalue weighted by Gasteiger charge is -2.21. The normalized spacial score (nSPS) is 11.0. The molecule has 0 amide bonds. The molecule has 1 aromatic heterocycles. The summed E-state index contributed by atoms with van der Waals surface area (Å²) < 4.78 is 5.20. The van der Waals surface area contributed by atoms with Gasteiger partial charge in [0.15, 0.2) is 0 Å². The highest BCUT2D eigenvalue weighted by Crippen LogP contribution is 2.21. The van der Waals surface area contributed by atoms with Crippen LogP contribution in [0.4, 0.5) is 17.3 Å². The lowest BCUT2D eigenvalue weighted by Crippen LogP contribution is -2.26. The standard InChI is InChI=1S/C15H20N4O/c1-15(2,3)19-14-9-13(16-10-17-14)18-11-6-5-7-12(8-11)20-4/h5-10H,1-4H3,(H2,16,17,18,19). The first-order valence-electron chi connectivity index (χ1n) is 6.47. The predicted molar refractivity (Wildman–Crippen MR) is 81.7 cm³/mol. The smallest absolute Gasteiger partial charge is 0.135 e. The molecule has 0 spiro atoms. The molecule has 0 aliphatic rings. The Morgan fingerprint density at radius 2 is 1.80 bits per heavy atom. The van der Waals surface area contributed by atoms with Crippen LogP contribution in [0.25, 0.3) is 0 Å². The Kier molecular flexibility index (Phi) is 4.08. The molecule has 1 aromatic carbocycles. The summed E-state index contributed by atoms with van der Waals surface area (Å²) in [4.78, 5) is 8.43. The van der Waals surface area contributed by atoms with Gasteiger partial charge in [0.05, 0.1) is 7.11 Å². The second kappa shape index (κ2) is 5.77. The monoisotopic (exact) mass is 272 g/mol. The van der Waals surface area contributed by atoms with Gasteiger partial charge in [-0.1, -0.05) is 6.07 Å². The Labute approximate surface area is 119 Å². The first kappa shape index (κ1) is 14.1. The molecule has 0 unspecified atom stereocenters. The topological polar surface area (TPSA) is 59.1 Å². The molecule has 5 heteroatoms. The third kappa shape index (κ3) is 4.12. The Balaban J connectivity index is 2.15. The van der Waals surface area contributed by atoms with E-state index in [1.807, 2.05) is 30.3 Å². The number of anilines is 3. The van der Waals surface area contributed by atoms with Crippen LogP contribution in [-0.4, -0.2) is 22.6 Å². The number of hydrogen-bond donors (Lipinski definition) is 2. The Bertz CT molecular complexity index is 578. The molecule has 0 radical (unpaired) electrons. The van der Waals surface area contributed by atoms with Crippen LogP contribution in [0.2, 0.25) is 0 Å². The zero-order valence-electron chi connectivity index (χ0n) is 12.3. The molecule has 0 aliphatic carbocycles. The van der Waals surface area contributed by atoms with Crippen LogP contribution < -0.4 is 15.4 Å². The van der Waals surface area contributed by atoms with Crippen molar-refractivity contribution in [3.05, 3.63) is 36.7 Å². The summed E-state index contributed by atoms with van der Waals surface area (Å²) in [5.74, 6) is 2.33. The number of nitrogens with one attached hydrogen (secondary N) is 2. The van der Waals surface area contributed by atoms with Gasteiger partial charge >= 0.3 is 0 Å². The molecule has 0 saturated heterocycles. The Hall–Kier alpha value is -2.30. The summed E-state index contributed by atoms with van der Waals surface area (Å²) in [6, 6.07) is 9.58. The van der Waals surface area contributed by atoms with E-state index in [0.717, 1.165) is 23.1 Å². The Morgan fingerprint density at radius 1 is 1.05 bits per heavy atom. The van der Waals surface area contributed by atoms with Crippen molar-refractivity contribution in [1.82, 2.24) is 9.97 Å². The number of methoxy groups -OCH3 is 1. The van der Waals surface area contributed by atoms with E-state index in [2.05, 4.69) is 41.4 Å². The van der Waals surface area contributed by atoms with Crippen molar-refractivity contribution in [2.24, 2.45) is 0 Å². The van der Waals surface area contributed by atoms with Crippen LogP contribution in [0, 0.1) is 0 Å². The summed E-state index contributed by atoms with van der Waals surface area (Å²) in [5.41, 5.74) is 0.881. The predicted octanol–water partition coefficient (Wildman–Crippen LogP) is 3.44. The Morgan fingerprint density at radius 3 is 2.50 bits per heavy atom. The van der Waals surface area contributed by atoms with Gasteiger partial charge in [0.25, 0.3) is 0 Å². The molecule has 0 saturated carbocycles. The van der Waals surface area contributed by atoms with E-state index in [-0.39, 0.29) is 5.54 Å². The molecule has 20 heavy (non-hydrogen) atoms. The average molecular weight is 272 g/mol. The molecule has 2 rings (SSSR count). The van der Waals surface area contributed by atoms with Gasteiger partial charge in [-0.25, -0.2) is 9.97 Å². The maximum Gasteiger partial charge on any atom is 0.135 e. The second-order valence-corrected chi connectivity index (χ2v) is 5.52. The SMILES string of the molecule is COc1cccc(Nc2cc(NC(C)(C)C)ncn2)c1. The quantitative estimate of drug-likeness (QED) is 0.892. The minimum atomic E-state index is -0.0401. The van der Waals surface area contributed by atoms with E-state index in [4.69, 9.17) is 4.74 Å². The summed E-state index contributed by atoms with van der Waals surface area (Å²) >= 11 is 0. The van der Waals surface area contributed by atoms with Crippen LogP contribution in [0.1, 0.15) is 20.8 Å². The van der Waals surface area contributed by atoms with E-state index >= 15 is 0 Å². The molecular formula is C15H20N4O. The van der Waals surface area contributed by atoms with Crippen LogP contribution in [0.15, 0.2) is 36.7 Å². The van der Waals surface area contributed by atoms with Crippen LogP contribution in [-0.2, 0) is 0 Å². The molecule has 5 nitrogen and oxygen atoms in total. The van der Waals surface area contributed by atoms with Gasteiger partial charge < -0.3 is 15.4 Å². The lowest BCUT2D eigenvalue weighted by molar-refractivity contribution is 0.415. The maximum atomic E-state index is 5.20. The third-order valence-corrected chi connectivity index (χ3v) is 2.51. The first-order chi connectivity index (χ1) is 9.46. The number of nitrogens with zero attached hydrogens (tertiary/aromatic N) is 2. The summed E-state index contributed by atoms with van der Waals surface area (Å²) in [6.07, 6.45) is 1.54. The van der Waals surface area contributed by atoms with Gasteiger partial charge in [0.2, 0.25) is 0 Å². The van der Waals surface area contributed by atoms with Crippen molar-refractivity contribution >= 4 is 17.3 Å². The van der Waals surface area contributed by atoms with Gasteiger partial charge in [0.1, 0.15) is 23.7 Å². The fourth-order valence-corrected chi connectivity index (χ4v) is 1.73. The summed E-state index contributed by atoms with van der Waals surface area (Å²) in [5, 5.41) is 6.55. The molecule has 0 atom stereocenters. The zero-order chi connectivity index (χ0) is 14.6. The highest BCUT2D eigenvalue weighted by atomic mass is 16.5. The van der Waals surface area contributed by atoms with Gasteiger partial charge in [-0.15, -0.1) is 0 Å². The molecule has 2 N–H and O–H groups in total. The van der Waals surface area contributed by atoms with Crippen LogP contribution in [0.3, 0.4) is 0 Å². The maximum absolute atomic E-state index is 5.20. The molecule has 2 aromatic rings. The van der Waals surface area contributed by atoms with Crippen LogP contribution >= 0.6 is 0 Å². The number of rotatable bonds is 4. The largest absolute Gasteiger partial charge is 0.497 e. The number of aromatic nitrogens is 2. The minimum Gasteiger partial charge on any atom is -0.497 e. The zero-order valence-corrected chi connectivity index (χ0v) is 12.3. The van der Waals surface area contributed by atoms with E-state index < -0.39 is 0 Å². The summed E-state index contributed by atoms with van der Waals surface area (Å²) in [6.45, 7) is 6.26. The fraction of sp³-hybridized carbons (Fsp3) is 0.333. The van der Waals surface area contributed by atoms with Gasteiger partial charge in [-0.2, -0.15) is 0 Å². The molecule has 0 aliphatic heterocycles. The highest BCUT2D eigenvalue weighted by molar-refractivity contribution is 5.60. The van der Waals surface area contributed by atoms with E-state index in [0.29, 0.717) is 0 Å². The number of benzene rings is 1. The van der Waals surface area contributed by atoms with Crippen molar-refractivity contribution in [3.8, 4) is 5.75 Å². The fourth-order valence-electron chi connectivity index (χ4n) is 1.73. The number of ether oxygens (including phenoxy) is 1. The molecule has 0 bridgehead atoms. The molecule has 106 valence electrons. The second-order valence-electron chi connectivity index (χ2n) is 5.52. The van der Waals surface area contributed by atoms with Gasteiger partial charge in [0, 0.05) is 23.4 Å². The van der Waals surface area contributed by atoms with Crippen molar-refractivity contribution < 1.29 is 4.74 Å². The summed E-state index contributed by atoms with van der Waals surface area (Å²) in [7, 11) is 1.65.